The van der Waals surface area contributed by atoms with E-state index in [1.54, 1.807) is 0 Å². The van der Waals surface area contributed by atoms with Gasteiger partial charge in [0.1, 0.15) is 5.82 Å². The van der Waals surface area contributed by atoms with Gasteiger partial charge in [-0.25, -0.2) is 4.98 Å². The molecular formula is C11H18N2. The van der Waals surface area contributed by atoms with Crippen LogP contribution in [0.25, 0.3) is 0 Å². The summed E-state index contributed by atoms with van der Waals surface area (Å²) in [5.41, 5.74) is 1.34. The minimum Gasteiger partial charge on any atom is -0.329 e. The summed E-state index contributed by atoms with van der Waals surface area (Å²) < 4.78 is 2.45. The minimum absolute atomic E-state index is 0.768. The highest BCUT2D eigenvalue weighted by atomic mass is 15.1. The lowest BCUT2D eigenvalue weighted by Gasteiger charge is -2.29. The van der Waals surface area contributed by atoms with Gasteiger partial charge in [0.25, 0.3) is 0 Å². The van der Waals surface area contributed by atoms with E-state index in [-0.39, 0.29) is 0 Å². The Balaban J connectivity index is 2.23. The maximum atomic E-state index is 4.47. The fraction of sp³-hybridized carbons (Fsp3) is 0.727. The highest BCUT2D eigenvalue weighted by molar-refractivity contribution is 5.07. The second kappa shape index (κ2) is 3.52. The van der Waals surface area contributed by atoms with Gasteiger partial charge in [0.15, 0.2) is 0 Å². The van der Waals surface area contributed by atoms with Gasteiger partial charge >= 0.3 is 0 Å². The van der Waals surface area contributed by atoms with Gasteiger partial charge in [-0.05, 0) is 32.6 Å². The van der Waals surface area contributed by atoms with E-state index in [1.165, 1.54) is 37.2 Å². The van der Waals surface area contributed by atoms with Crippen LogP contribution in [0.1, 0.15) is 50.2 Å². The van der Waals surface area contributed by atoms with Crippen LogP contribution >= 0.6 is 0 Å². The minimum atomic E-state index is 0.768. The van der Waals surface area contributed by atoms with Crippen LogP contribution in [-0.4, -0.2) is 9.55 Å². The van der Waals surface area contributed by atoms with Crippen molar-refractivity contribution in [1.29, 1.82) is 0 Å². The molecule has 2 nitrogen and oxygen atoms in total. The Morgan fingerprint density at radius 3 is 2.85 bits per heavy atom. The van der Waals surface area contributed by atoms with Gasteiger partial charge < -0.3 is 4.57 Å². The number of hydrogen-bond acceptors (Lipinski definition) is 1. The molecule has 0 spiro atoms. The molecule has 1 fully saturated rings. The third-order valence-electron chi connectivity index (χ3n) is 2.97. The first-order valence-electron chi connectivity index (χ1n) is 5.35. The molecule has 0 amide bonds. The van der Waals surface area contributed by atoms with Gasteiger partial charge in [-0.15, -0.1) is 0 Å². The molecule has 0 saturated heterocycles. The third-order valence-corrected chi connectivity index (χ3v) is 2.97. The van der Waals surface area contributed by atoms with Gasteiger partial charge in [0.05, 0.1) is 0 Å². The number of aromatic nitrogens is 2. The lowest BCUT2D eigenvalue weighted by molar-refractivity contribution is 0.301. The van der Waals surface area contributed by atoms with Crippen LogP contribution in [-0.2, 0) is 6.42 Å². The summed E-state index contributed by atoms with van der Waals surface area (Å²) in [7, 11) is 0. The molecule has 13 heavy (non-hydrogen) atoms. The second-order valence-corrected chi connectivity index (χ2v) is 4.02. The van der Waals surface area contributed by atoms with Gasteiger partial charge in [-0.2, -0.15) is 0 Å². The molecule has 1 aromatic heterocycles. The summed E-state index contributed by atoms with van der Waals surface area (Å²) in [5, 5.41) is 0. The first kappa shape index (κ1) is 8.79. The molecule has 0 radical (unpaired) electrons. The van der Waals surface area contributed by atoms with Gasteiger partial charge in [-0.3, -0.25) is 0 Å². The van der Waals surface area contributed by atoms with Crippen LogP contribution in [0, 0.1) is 6.92 Å². The Labute approximate surface area is 80.0 Å². The van der Waals surface area contributed by atoms with Crippen LogP contribution in [0.4, 0.5) is 0 Å². The maximum absolute atomic E-state index is 4.47. The standard InChI is InChI=1S/C11H18N2/c1-3-5-11-12-8-9(2)13(11)10-6-4-7-10/h8,10H,3-7H2,1-2H3. The van der Waals surface area contributed by atoms with Gasteiger partial charge in [-0.1, -0.05) is 6.92 Å². The van der Waals surface area contributed by atoms with E-state index >= 15 is 0 Å². The summed E-state index contributed by atoms with van der Waals surface area (Å²) in [5.74, 6) is 1.30. The molecule has 1 saturated carbocycles. The summed E-state index contributed by atoms with van der Waals surface area (Å²) in [6.07, 6.45) is 8.45. The molecule has 0 aromatic carbocycles. The van der Waals surface area contributed by atoms with Crippen molar-refractivity contribution in [2.24, 2.45) is 0 Å². The van der Waals surface area contributed by atoms with Crippen molar-refractivity contribution in [2.45, 2.75) is 52.0 Å². The lowest BCUT2D eigenvalue weighted by atomic mass is 9.92. The van der Waals surface area contributed by atoms with Gasteiger partial charge in [0.2, 0.25) is 0 Å². The predicted octanol–water partition coefficient (Wildman–Crippen LogP) is 2.87. The van der Waals surface area contributed by atoms with Crippen LogP contribution in [0.5, 0.6) is 0 Å². The smallest absolute Gasteiger partial charge is 0.109 e. The predicted molar refractivity (Wildman–Crippen MR) is 53.8 cm³/mol. The Bertz CT molecular complexity index is 284. The maximum Gasteiger partial charge on any atom is 0.109 e. The number of nitrogens with zero attached hydrogens (tertiary/aromatic N) is 2. The largest absolute Gasteiger partial charge is 0.329 e. The molecule has 0 unspecified atom stereocenters. The van der Waals surface area contributed by atoms with Crippen molar-refractivity contribution >= 4 is 0 Å². The molecule has 0 aliphatic heterocycles. The van der Waals surface area contributed by atoms with E-state index in [9.17, 15) is 0 Å². The zero-order valence-corrected chi connectivity index (χ0v) is 8.58. The highest BCUT2D eigenvalue weighted by Gasteiger charge is 2.22. The van der Waals surface area contributed by atoms with Gasteiger partial charge in [0, 0.05) is 24.4 Å². The van der Waals surface area contributed by atoms with Crippen LogP contribution < -0.4 is 0 Å². The second-order valence-electron chi connectivity index (χ2n) is 4.02. The fourth-order valence-corrected chi connectivity index (χ4v) is 2.05. The van der Waals surface area contributed by atoms with E-state index in [1.807, 2.05) is 6.20 Å². The number of aryl methyl sites for hydroxylation is 2. The fourth-order valence-electron chi connectivity index (χ4n) is 2.05. The average Bonchev–Trinajstić information content (AvgIpc) is 2.34. The van der Waals surface area contributed by atoms with Crippen LogP contribution in [0.3, 0.4) is 0 Å². The SMILES string of the molecule is CCCc1ncc(C)n1C1CCC1. The van der Waals surface area contributed by atoms with E-state index in [0.717, 1.165) is 12.5 Å². The van der Waals surface area contributed by atoms with Crippen molar-refractivity contribution < 1.29 is 0 Å². The molecule has 0 N–H and O–H groups in total. The molecule has 72 valence electrons. The molecule has 2 rings (SSSR count). The quantitative estimate of drug-likeness (QED) is 0.696. The van der Waals surface area contributed by atoms with Crippen LogP contribution in [0.15, 0.2) is 6.20 Å². The van der Waals surface area contributed by atoms with Crippen molar-refractivity contribution in [3.8, 4) is 0 Å². The van der Waals surface area contributed by atoms with Crippen molar-refractivity contribution in [2.75, 3.05) is 0 Å². The molecule has 1 aromatic rings. The average molecular weight is 178 g/mol. The Hall–Kier alpha value is -0.790. The van der Waals surface area contributed by atoms with E-state index in [2.05, 4.69) is 23.4 Å². The van der Waals surface area contributed by atoms with Crippen molar-refractivity contribution in [3.63, 3.8) is 0 Å². The van der Waals surface area contributed by atoms with E-state index in [4.69, 9.17) is 0 Å². The topological polar surface area (TPSA) is 17.8 Å². The number of hydrogen-bond donors (Lipinski definition) is 0. The molecule has 0 bridgehead atoms. The number of rotatable bonds is 3. The monoisotopic (exact) mass is 178 g/mol. The first-order chi connectivity index (χ1) is 6.33. The Morgan fingerprint density at radius 2 is 2.31 bits per heavy atom. The number of imidazole rings is 1. The summed E-state index contributed by atoms with van der Waals surface area (Å²) in [6, 6.07) is 0.768. The van der Waals surface area contributed by atoms with E-state index in [0.29, 0.717) is 0 Å². The third kappa shape index (κ3) is 1.50. The Morgan fingerprint density at radius 1 is 1.54 bits per heavy atom. The summed E-state index contributed by atoms with van der Waals surface area (Å²) >= 11 is 0. The normalized spacial score (nSPS) is 17.4. The molecule has 1 aliphatic carbocycles. The lowest BCUT2D eigenvalue weighted by Crippen LogP contribution is -2.20. The molecule has 1 aliphatic rings. The summed E-state index contributed by atoms with van der Waals surface area (Å²) in [4.78, 5) is 4.47. The van der Waals surface area contributed by atoms with E-state index < -0.39 is 0 Å². The zero-order valence-electron chi connectivity index (χ0n) is 8.58. The molecule has 1 heterocycles. The van der Waals surface area contributed by atoms with Crippen molar-refractivity contribution in [1.82, 2.24) is 9.55 Å². The molecular weight excluding hydrogens is 160 g/mol. The summed E-state index contributed by atoms with van der Waals surface area (Å²) in [6.45, 7) is 4.39. The Kier molecular flexibility index (Phi) is 2.38. The molecule has 2 heteroatoms. The van der Waals surface area contributed by atoms with Crippen molar-refractivity contribution in [3.05, 3.63) is 17.7 Å². The highest BCUT2D eigenvalue weighted by Crippen LogP contribution is 2.33. The zero-order chi connectivity index (χ0) is 9.26. The van der Waals surface area contributed by atoms with Crippen LogP contribution in [0.2, 0.25) is 0 Å². The molecule has 0 atom stereocenters. The first-order valence-corrected chi connectivity index (χ1v) is 5.35.